The van der Waals surface area contributed by atoms with Crippen LogP contribution in [0.1, 0.15) is 25.7 Å². The lowest BCUT2D eigenvalue weighted by Gasteiger charge is -2.09. The van der Waals surface area contributed by atoms with Crippen molar-refractivity contribution in [3.63, 3.8) is 0 Å². The second-order valence-corrected chi connectivity index (χ2v) is 3.20. The molecule has 0 fully saturated rings. The first kappa shape index (κ1) is 13.0. The fourth-order valence-corrected chi connectivity index (χ4v) is 0.918. The van der Waals surface area contributed by atoms with Gasteiger partial charge in [-0.25, -0.2) is 5.84 Å². The molecule has 0 saturated heterocycles. The van der Waals surface area contributed by atoms with Gasteiger partial charge in [0.25, 0.3) is 0 Å². The van der Waals surface area contributed by atoms with E-state index in [9.17, 15) is 9.59 Å². The van der Waals surface area contributed by atoms with Crippen LogP contribution in [0.2, 0.25) is 0 Å². The van der Waals surface area contributed by atoms with E-state index < -0.39 is 6.17 Å². The number of nitrogens with two attached hydrogens (primary N) is 3. The molecule has 82 valence electrons. The van der Waals surface area contributed by atoms with Gasteiger partial charge in [-0.1, -0.05) is 0 Å². The van der Waals surface area contributed by atoms with E-state index >= 15 is 0 Å². The lowest BCUT2D eigenvalue weighted by Crippen LogP contribution is -2.39. The number of nitrogens with zero attached hydrogens (tertiary/aromatic N) is 1. The predicted molar refractivity (Wildman–Crippen MR) is 52.6 cm³/mol. The number of rotatable bonds is 6. The van der Waals surface area contributed by atoms with Crippen molar-refractivity contribution in [2.24, 2.45) is 17.3 Å². The first-order valence-electron chi connectivity index (χ1n) is 4.50. The second kappa shape index (κ2) is 6.47. The van der Waals surface area contributed by atoms with Crippen LogP contribution in [-0.2, 0) is 9.59 Å². The van der Waals surface area contributed by atoms with Gasteiger partial charge in [0.15, 0.2) is 5.78 Å². The van der Waals surface area contributed by atoms with Gasteiger partial charge in [-0.15, -0.1) is 0 Å². The fourth-order valence-electron chi connectivity index (χ4n) is 0.918. The maximum Gasteiger partial charge on any atom is 0.236 e. The van der Waals surface area contributed by atoms with E-state index in [1.165, 1.54) is 7.05 Å². The molecule has 0 saturated carbocycles. The van der Waals surface area contributed by atoms with E-state index in [1.54, 1.807) is 0 Å². The van der Waals surface area contributed by atoms with Crippen molar-refractivity contribution in [3.8, 4) is 0 Å². The SMILES string of the molecule is CN(N)C(=O)CCCCC(=O)C(N)N. The van der Waals surface area contributed by atoms with Crippen LogP contribution < -0.4 is 17.3 Å². The quantitative estimate of drug-likeness (QED) is 0.163. The highest BCUT2D eigenvalue weighted by Crippen LogP contribution is 2.02. The third-order valence-corrected chi connectivity index (χ3v) is 1.83. The normalized spacial score (nSPS) is 10.4. The third kappa shape index (κ3) is 5.63. The first-order valence-corrected chi connectivity index (χ1v) is 4.50. The number of Topliss-reactive ketones (excluding diaryl/α,β-unsaturated/α-hetero) is 1. The summed E-state index contributed by atoms with van der Waals surface area (Å²) in [5, 5.41) is 1.04. The van der Waals surface area contributed by atoms with E-state index in [4.69, 9.17) is 17.3 Å². The zero-order chi connectivity index (χ0) is 11.1. The minimum atomic E-state index is -0.900. The Bertz CT molecular complexity index is 182. The lowest BCUT2D eigenvalue weighted by molar-refractivity contribution is -0.130. The summed E-state index contributed by atoms with van der Waals surface area (Å²) in [6.07, 6.45) is 1.00. The summed E-state index contributed by atoms with van der Waals surface area (Å²) < 4.78 is 0. The van der Waals surface area contributed by atoms with Crippen LogP contribution in [0.5, 0.6) is 0 Å². The summed E-state index contributed by atoms with van der Waals surface area (Å²) >= 11 is 0. The van der Waals surface area contributed by atoms with Crippen molar-refractivity contribution in [2.45, 2.75) is 31.8 Å². The minimum absolute atomic E-state index is 0.144. The first-order chi connectivity index (χ1) is 6.45. The molecule has 0 aromatic rings. The topological polar surface area (TPSA) is 115 Å². The molecule has 0 unspecified atom stereocenters. The molecular formula is C8H18N4O2. The van der Waals surface area contributed by atoms with E-state index in [-0.39, 0.29) is 11.7 Å². The number of unbranched alkanes of at least 4 members (excludes halogenated alkanes) is 1. The Morgan fingerprint density at radius 2 is 1.71 bits per heavy atom. The van der Waals surface area contributed by atoms with Gasteiger partial charge in [0.2, 0.25) is 5.91 Å². The molecule has 0 bridgehead atoms. The van der Waals surface area contributed by atoms with Crippen LogP contribution in [0, 0.1) is 0 Å². The van der Waals surface area contributed by atoms with Gasteiger partial charge in [0.1, 0.15) is 6.17 Å². The molecule has 0 aromatic heterocycles. The zero-order valence-corrected chi connectivity index (χ0v) is 8.40. The number of hydrogen-bond acceptors (Lipinski definition) is 5. The number of hydrogen-bond donors (Lipinski definition) is 3. The Hall–Kier alpha value is -0.980. The van der Waals surface area contributed by atoms with Gasteiger partial charge in [0.05, 0.1) is 0 Å². The molecule has 0 heterocycles. The van der Waals surface area contributed by atoms with Gasteiger partial charge in [-0.2, -0.15) is 0 Å². The van der Waals surface area contributed by atoms with Gasteiger partial charge in [0, 0.05) is 19.9 Å². The van der Waals surface area contributed by atoms with Crippen molar-refractivity contribution in [1.29, 1.82) is 0 Å². The molecule has 6 heteroatoms. The lowest BCUT2D eigenvalue weighted by atomic mass is 10.1. The molecule has 0 atom stereocenters. The number of ketones is 1. The summed E-state index contributed by atoms with van der Waals surface area (Å²) in [5.74, 6) is 4.88. The van der Waals surface area contributed by atoms with Crippen LogP contribution >= 0.6 is 0 Å². The molecule has 0 rings (SSSR count). The van der Waals surface area contributed by atoms with Crippen molar-refractivity contribution >= 4 is 11.7 Å². The van der Waals surface area contributed by atoms with Crippen LogP contribution in [-0.4, -0.2) is 29.9 Å². The molecule has 6 N–H and O–H groups in total. The summed E-state index contributed by atoms with van der Waals surface area (Å²) in [7, 11) is 1.49. The largest absolute Gasteiger partial charge is 0.310 e. The molecule has 6 nitrogen and oxygen atoms in total. The Kier molecular flexibility index (Phi) is 6.02. The predicted octanol–water partition coefficient (Wildman–Crippen LogP) is -1.31. The fraction of sp³-hybridized carbons (Fsp3) is 0.750. The molecule has 0 aliphatic rings. The highest BCUT2D eigenvalue weighted by molar-refractivity contribution is 5.83. The smallest absolute Gasteiger partial charge is 0.236 e. The monoisotopic (exact) mass is 202 g/mol. The number of amides is 1. The Morgan fingerprint density at radius 1 is 1.21 bits per heavy atom. The van der Waals surface area contributed by atoms with Crippen molar-refractivity contribution in [2.75, 3.05) is 7.05 Å². The highest BCUT2D eigenvalue weighted by Gasteiger charge is 2.08. The summed E-state index contributed by atoms with van der Waals surface area (Å²) in [5.41, 5.74) is 10.3. The Morgan fingerprint density at radius 3 is 2.14 bits per heavy atom. The molecule has 0 aliphatic heterocycles. The van der Waals surface area contributed by atoms with Crippen LogP contribution in [0.15, 0.2) is 0 Å². The highest BCUT2D eigenvalue weighted by atomic mass is 16.2. The Balaban J connectivity index is 3.48. The van der Waals surface area contributed by atoms with Crippen LogP contribution in [0.4, 0.5) is 0 Å². The zero-order valence-electron chi connectivity index (χ0n) is 8.40. The van der Waals surface area contributed by atoms with E-state index in [2.05, 4.69) is 0 Å². The molecule has 1 amide bonds. The van der Waals surface area contributed by atoms with Crippen molar-refractivity contribution in [3.05, 3.63) is 0 Å². The number of carbonyl (C=O) groups excluding carboxylic acids is 2. The van der Waals surface area contributed by atoms with E-state index in [0.717, 1.165) is 5.01 Å². The van der Waals surface area contributed by atoms with Gasteiger partial charge >= 0.3 is 0 Å². The van der Waals surface area contributed by atoms with E-state index in [0.29, 0.717) is 25.7 Å². The maximum absolute atomic E-state index is 11.0. The van der Waals surface area contributed by atoms with Crippen LogP contribution in [0.25, 0.3) is 0 Å². The molecule has 14 heavy (non-hydrogen) atoms. The third-order valence-electron chi connectivity index (χ3n) is 1.83. The van der Waals surface area contributed by atoms with Crippen LogP contribution in [0.3, 0.4) is 0 Å². The molecule has 0 radical (unpaired) electrons. The summed E-state index contributed by atoms with van der Waals surface area (Å²) in [6.45, 7) is 0. The van der Waals surface area contributed by atoms with Crippen molar-refractivity contribution < 1.29 is 9.59 Å². The van der Waals surface area contributed by atoms with Gasteiger partial charge < -0.3 is 11.5 Å². The van der Waals surface area contributed by atoms with Gasteiger partial charge in [-0.05, 0) is 12.8 Å². The second-order valence-electron chi connectivity index (χ2n) is 3.20. The Labute approximate surface area is 83.4 Å². The summed E-state index contributed by atoms with van der Waals surface area (Å²) in [4.78, 5) is 21.9. The molecular weight excluding hydrogens is 184 g/mol. The van der Waals surface area contributed by atoms with Crippen molar-refractivity contribution in [1.82, 2.24) is 5.01 Å². The standard InChI is InChI=1S/C8H18N4O2/c1-12(11)7(14)5-3-2-4-6(13)8(9)10/h8H,2-5,9-11H2,1H3. The minimum Gasteiger partial charge on any atom is -0.310 e. The molecule has 0 spiro atoms. The molecule has 0 aromatic carbocycles. The number of carbonyl (C=O) groups is 2. The maximum atomic E-state index is 11.0. The summed E-state index contributed by atoms with van der Waals surface area (Å²) in [6, 6.07) is 0. The average molecular weight is 202 g/mol. The number of hydrazine groups is 1. The van der Waals surface area contributed by atoms with E-state index in [1.807, 2.05) is 0 Å². The average Bonchev–Trinajstić information content (AvgIpc) is 2.11. The van der Waals surface area contributed by atoms with Gasteiger partial charge in [-0.3, -0.25) is 14.6 Å². The molecule has 0 aliphatic carbocycles.